The van der Waals surface area contributed by atoms with Crippen LogP contribution in [0.2, 0.25) is 0 Å². The minimum Gasteiger partial charge on any atom is -0.360 e. The van der Waals surface area contributed by atoms with Crippen LogP contribution in [-0.2, 0) is 10.0 Å². The Bertz CT molecular complexity index is 430. The zero-order chi connectivity index (χ0) is 9.47. The first kappa shape index (κ1) is 8.86. The van der Waals surface area contributed by atoms with Gasteiger partial charge in [-0.1, -0.05) is 12.1 Å². The molecule has 1 aromatic carbocycles. The first-order valence-corrected chi connectivity index (χ1v) is 5.65. The summed E-state index contributed by atoms with van der Waals surface area (Å²) >= 11 is 4.00. The largest absolute Gasteiger partial charge is 0.360 e. The summed E-state index contributed by atoms with van der Waals surface area (Å²) in [5.74, 6) is 0. The molecule has 70 valence electrons. The summed E-state index contributed by atoms with van der Waals surface area (Å²) in [7, 11) is -3.38. The molecular formula is C7H8N2O2S2. The quantitative estimate of drug-likeness (QED) is 0.557. The topological polar surface area (TPSA) is 58.2 Å². The molecule has 6 heteroatoms. The summed E-state index contributed by atoms with van der Waals surface area (Å²) in [6.45, 7) is 0. The smallest absolute Gasteiger partial charge is 0.245 e. The number of para-hydroxylation sites is 1. The third-order valence-corrected chi connectivity index (χ3v) is 3.65. The maximum atomic E-state index is 11.5. The fourth-order valence-corrected chi connectivity index (χ4v) is 2.92. The highest BCUT2D eigenvalue weighted by atomic mass is 32.2. The highest BCUT2D eigenvalue weighted by Gasteiger charge is 2.26. The second kappa shape index (κ2) is 2.90. The molecule has 1 heterocycles. The second-order valence-corrected chi connectivity index (χ2v) is 4.86. The fraction of sp³-hybridized carbons (Fsp3) is 0.143. The Kier molecular flexibility index (Phi) is 1.98. The third-order valence-electron chi connectivity index (χ3n) is 1.74. The Hall–Kier alpha value is -0.720. The van der Waals surface area contributed by atoms with Gasteiger partial charge in [0.05, 0.1) is 5.69 Å². The van der Waals surface area contributed by atoms with Crippen molar-refractivity contribution in [3.63, 3.8) is 0 Å². The standard InChI is InChI=1S/C7H8N2O2S2/c10-13(11)6-4-2-1-3-5(6)8-7(12)9-13/h1-4,7-9,12H. The molecule has 2 rings (SSSR count). The molecule has 1 aromatic rings. The van der Waals surface area contributed by atoms with E-state index in [1.165, 1.54) is 0 Å². The number of benzene rings is 1. The molecule has 0 fully saturated rings. The van der Waals surface area contributed by atoms with E-state index in [1.54, 1.807) is 24.3 Å². The van der Waals surface area contributed by atoms with E-state index in [2.05, 4.69) is 22.7 Å². The summed E-state index contributed by atoms with van der Waals surface area (Å²) in [4.78, 5) is 0.264. The van der Waals surface area contributed by atoms with E-state index in [9.17, 15) is 8.42 Å². The van der Waals surface area contributed by atoms with Gasteiger partial charge in [-0.3, -0.25) is 0 Å². The van der Waals surface area contributed by atoms with Gasteiger partial charge in [0.2, 0.25) is 10.0 Å². The summed E-state index contributed by atoms with van der Waals surface area (Å²) < 4.78 is 25.3. The summed E-state index contributed by atoms with van der Waals surface area (Å²) in [5.41, 5.74) is 0.0288. The molecule has 0 aromatic heterocycles. The number of nitrogens with one attached hydrogen (secondary N) is 2. The lowest BCUT2D eigenvalue weighted by molar-refractivity contribution is 0.578. The van der Waals surface area contributed by atoms with Crippen molar-refractivity contribution in [1.82, 2.24) is 4.72 Å². The normalized spacial score (nSPS) is 24.5. The van der Waals surface area contributed by atoms with Crippen LogP contribution in [0, 0.1) is 0 Å². The number of thiol groups is 1. The average molecular weight is 216 g/mol. The van der Waals surface area contributed by atoms with Crippen molar-refractivity contribution in [2.75, 3.05) is 5.32 Å². The van der Waals surface area contributed by atoms with Gasteiger partial charge >= 0.3 is 0 Å². The number of rotatable bonds is 0. The van der Waals surface area contributed by atoms with Crippen molar-refractivity contribution in [2.24, 2.45) is 0 Å². The molecule has 0 saturated carbocycles. The molecule has 2 N–H and O–H groups in total. The van der Waals surface area contributed by atoms with Crippen LogP contribution in [0.5, 0.6) is 0 Å². The van der Waals surface area contributed by atoms with Gasteiger partial charge < -0.3 is 5.32 Å². The molecule has 0 aliphatic carbocycles. The Labute approximate surface area is 81.8 Å². The van der Waals surface area contributed by atoms with Gasteiger partial charge in [0.15, 0.2) is 0 Å². The third kappa shape index (κ3) is 1.52. The summed E-state index contributed by atoms with van der Waals surface area (Å²) in [5, 5.41) is 2.89. The molecule has 1 aliphatic heterocycles. The minimum absolute atomic E-state index is 0.264. The monoisotopic (exact) mass is 216 g/mol. The fourth-order valence-electron chi connectivity index (χ4n) is 1.21. The van der Waals surface area contributed by atoms with E-state index in [4.69, 9.17) is 0 Å². The van der Waals surface area contributed by atoms with Crippen LogP contribution >= 0.6 is 12.6 Å². The van der Waals surface area contributed by atoms with E-state index in [1.807, 2.05) is 0 Å². The van der Waals surface area contributed by atoms with Crippen molar-refractivity contribution in [1.29, 1.82) is 0 Å². The maximum absolute atomic E-state index is 11.5. The molecule has 0 saturated heterocycles. The zero-order valence-electron chi connectivity index (χ0n) is 6.56. The minimum atomic E-state index is -3.38. The van der Waals surface area contributed by atoms with Gasteiger partial charge in [0, 0.05) is 0 Å². The van der Waals surface area contributed by atoms with Crippen LogP contribution in [0.15, 0.2) is 29.2 Å². The van der Waals surface area contributed by atoms with E-state index in [0.717, 1.165) is 0 Å². The molecule has 1 atom stereocenters. The molecule has 0 amide bonds. The van der Waals surface area contributed by atoms with E-state index in [-0.39, 0.29) is 4.90 Å². The van der Waals surface area contributed by atoms with Crippen LogP contribution in [0.4, 0.5) is 5.69 Å². The summed E-state index contributed by atoms with van der Waals surface area (Å²) in [6.07, 6.45) is 0. The Balaban J connectivity index is 2.63. The number of hydrogen-bond donors (Lipinski definition) is 3. The van der Waals surface area contributed by atoms with Crippen LogP contribution in [0.3, 0.4) is 0 Å². The highest BCUT2D eigenvalue weighted by molar-refractivity contribution is 7.91. The SMILES string of the molecule is O=S1(=O)NC(S)Nc2ccccc21. The Morgan fingerprint density at radius 3 is 2.77 bits per heavy atom. The predicted octanol–water partition coefficient (Wildman–Crippen LogP) is 0.604. The molecular weight excluding hydrogens is 208 g/mol. The summed E-state index contributed by atoms with van der Waals surface area (Å²) in [6, 6.07) is 6.70. The van der Waals surface area contributed by atoms with E-state index < -0.39 is 15.5 Å². The van der Waals surface area contributed by atoms with Crippen LogP contribution in [0.25, 0.3) is 0 Å². The lowest BCUT2D eigenvalue weighted by Gasteiger charge is -2.24. The Morgan fingerprint density at radius 1 is 1.31 bits per heavy atom. The first-order valence-electron chi connectivity index (χ1n) is 3.65. The number of hydrogen-bond acceptors (Lipinski definition) is 4. The Morgan fingerprint density at radius 2 is 2.00 bits per heavy atom. The van der Waals surface area contributed by atoms with Crippen molar-refractivity contribution in [3.05, 3.63) is 24.3 Å². The molecule has 0 spiro atoms. The van der Waals surface area contributed by atoms with Gasteiger partial charge in [0.1, 0.15) is 10.4 Å². The van der Waals surface area contributed by atoms with Gasteiger partial charge in [-0.05, 0) is 12.1 Å². The van der Waals surface area contributed by atoms with Crippen LogP contribution in [0.1, 0.15) is 0 Å². The van der Waals surface area contributed by atoms with E-state index >= 15 is 0 Å². The molecule has 0 bridgehead atoms. The predicted molar refractivity (Wildman–Crippen MR) is 53.2 cm³/mol. The molecule has 4 nitrogen and oxygen atoms in total. The highest BCUT2D eigenvalue weighted by Crippen LogP contribution is 2.25. The van der Waals surface area contributed by atoms with Crippen molar-refractivity contribution < 1.29 is 8.42 Å². The van der Waals surface area contributed by atoms with E-state index in [0.29, 0.717) is 5.69 Å². The zero-order valence-corrected chi connectivity index (χ0v) is 8.27. The van der Waals surface area contributed by atoms with Crippen LogP contribution in [-0.4, -0.2) is 13.9 Å². The van der Waals surface area contributed by atoms with Gasteiger partial charge in [0.25, 0.3) is 0 Å². The first-order chi connectivity index (χ1) is 6.09. The molecule has 1 unspecified atom stereocenters. The van der Waals surface area contributed by atoms with Crippen molar-refractivity contribution in [3.8, 4) is 0 Å². The maximum Gasteiger partial charge on any atom is 0.245 e. The van der Waals surface area contributed by atoms with Crippen molar-refractivity contribution in [2.45, 2.75) is 10.4 Å². The van der Waals surface area contributed by atoms with Gasteiger partial charge in [-0.2, -0.15) is 4.72 Å². The molecule has 0 radical (unpaired) electrons. The number of anilines is 1. The number of fused-ring (bicyclic) bond motifs is 1. The molecule has 1 aliphatic rings. The lowest BCUT2D eigenvalue weighted by atomic mass is 10.3. The lowest BCUT2D eigenvalue weighted by Crippen LogP contribution is -2.40. The second-order valence-electron chi connectivity index (χ2n) is 2.66. The molecule has 13 heavy (non-hydrogen) atoms. The van der Waals surface area contributed by atoms with Crippen LogP contribution < -0.4 is 10.0 Å². The average Bonchev–Trinajstić information content (AvgIpc) is 2.02. The van der Waals surface area contributed by atoms with Gasteiger partial charge in [-0.15, -0.1) is 12.6 Å². The van der Waals surface area contributed by atoms with Crippen molar-refractivity contribution >= 4 is 28.3 Å². The van der Waals surface area contributed by atoms with Gasteiger partial charge in [-0.25, -0.2) is 8.42 Å². The number of sulfonamides is 1.